The van der Waals surface area contributed by atoms with Crippen LogP contribution in [0, 0.1) is 0 Å². The summed E-state index contributed by atoms with van der Waals surface area (Å²) < 4.78 is 0. The Morgan fingerprint density at radius 2 is 1.29 bits per heavy atom. The van der Waals surface area contributed by atoms with Crippen molar-refractivity contribution in [2.45, 2.75) is 82.8 Å². The fourth-order valence-corrected chi connectivity index (χ4v) is 9.92. The quantitative estimate of drug-likeness (QED) is 0.278. The molecule has 0 spiro atoms. The zero-order valence-corrected chi connectivity index (χ0v) is 25.3. The minimum atomic E-state index is -1.56. The smallest absolute Gasteiger partial charge is 0.0966 e. The van der Waals surface area contributed by atoms with Gasteiger partial charge in [-0.25, -0.2) is 0 Å². The molecule has 0 saturated carbocycles. The Morgan fingerprint density at radius 1 is 0.794 bits per heavy atom. The predicted molar refractivity (Wildman–Crippen MR) is 153 cm³/mol. The van der Waals surface area contributed by atoms with Gasteiger partial charge in [-0.1, -0.05) is 92.5 Å². The Hall–Kier alpha value is -1.54. The second-order valence-electron chi connectivity index (χ2n) is 12.0. The lowest BCUT2D eigenvalue weighted by Crippen LogP contribution is -2.39. The minimum absolute atomic E-state index is 0.227. The molecule has 0 bridgehead atoms. The maximum absolute atomic E-state index is 4.78. The molecule has 34 heavy (non-hydrogen) atoms. The molecule has 0 amide bonds. The Balaban J connectivity index is 2.34. The van der Waals surface area contributed by atoms with Gasteiger partial charge in [0.15, 0.2) is 0 Å². The maximum atomic E-state index is 4.78. The van der Waals surface area contributed by atoms with Gasteiger partial charge in [0.25, 0.3) is 0 Å². The molecule has 0 aliphatic heterocycles. The first-order valence-electron chi connectivity index (χ1n) is 11.9. The van der Waals surface area contributed by atoms with Crippen LogP contribution < -0.4 is 5.19 Å². The molecule has 1 aromatic carbocycles. The third kappa shape index (κ3) is 5.81. The highest BCUT2D eigenvalue weighted by Gasteiger charge is 2.40. The molecular formula is C27H40N4P2Si. The lowest BCUT2D eigenvalue weighted by atomic mass is 9.88. The van der Waals surface area contributed by atoms with Gasteiger partial charge in [0.1, 0.15) is 0 Å². The summed E-state index contributed by atoms with van der Waals surface area (Å²) in [4.78, 5) is 18.4. The average molecular weight is 511 g/mol. The van der Waals surface area contributed by atoms with Crippen LogP contribution in [0.15, 0.2) is 55.4 Å². The maximum Gasteiger partial charge on any atom is 0.0966 e. The Kier molecular flexibility index (Phi) is 7.83. The van der Waals surface area contributed by atoms with E-state index >= 15 is 0 Å². The summed E-state index contributed by atoms with van der Waals surface area (Å²) in [6.45, 7) is 21.5. The largest absolute Gasteiger partial charge is 0.261 e. The molecule has 1 atom stereocenters. The van der Waals surface area contributed by atoms with Gasteiger partial charge in [-0.2, -0.15) is 0 Å². The molecule has 0 N–H and O–H groups in total. The highest BCUT2D eigenvalue weighted by Crippen LogP contribution is 2.62. The average Bonchev–Trinajstić information content (AvgIpc) is 2.76. The molecule has 2 heterocycles. The number of aromatic nitrogens is 4. The first-order valence-corrected chi connectivity index (χ1v) is 17.5. The second kappa shape index (κ2) is 9.84. The van der Waals surface area contributed by atoms with Gasteiger partial charge >= 0.3 is 0 Å². The van der Waals surface area contributed by atoms with E-state index < -0.39 is 13.2 Å². The molecule has 0 fully saturated rings. The summed E-state index contributed by atoms with van der Waals surface area (Å²) in [7, 11) is 1.21. The van der Waals surface area contributed by atoms with Crippen LogP contribution in [0.1, 0.15) is 64.1 Å². The van der Waals surface area contributed by atoms with E-state index in [4.69, 9.17) is 9.97 Å². The van der Waals surface area contributed by atoms with Crippen molar-refractivity contribution in [2.24, 2.45) is 0 Å². The van der Waals surface area contributed by atoms with Crippen molar-refractivity contribution in [3.63, 3.8) is 0 Å². The van der Waals surface area contributed by atoms with Crippen molar-refractivity contribution in [1.29, 1.82) is 0 Å². The number of benzene rings is 1. The van der Waals surface area contributed by atoms with Crippen molar-refractivity contribution < 1.29 is 0 Å². The zero-order valence-electron chi connectivity index (χ0n) is 22.2. The third-order valence-corrected chi connectivity index (χ3v) is 13.1. The molecule has 0 aliphatic rings. The number of hydrogen-bond donors (Lipinski definition) is 0. The van der Waals surface area contributed by atoms with E-state index in [0.717, 1.165) is 17.5 Å². The number of nitrogens with zero attached hydrogens (tertiary/aromatic N) is 4. The van der Waals surface area contributed by atoms with E-state index in [2.05, 4.69) is 98.6 Å². The minimum Gasteiger partial charge on any atom is -0.261 e. The molecule has 3 rings (SSSR count). The van der Waals surface area contributed by atoms with Gasteiger partial charge in [-0.3, -0.25) is 19.9 Å². The van der Waals surface area contributed by atoms with E-state index in [1.807, 2.05) is 12.4 Å². The van der Waals surface area contributed by atoms with Gasteiger partial charge in [-0.05, 0) is 27.6 Å². The van der Waals surface area contributed by atoms with E-state index in [1.165, 1.54) is 16.3 Å². The first-order chi connectivity index (χ1) is 15.6. The van der Waals surface area contributed by atoms with Crippen molar-refractivity contribution in [2.75, 3.05) is 0 Å². The summed E-state index contributed by atoms with van der Waals surface area (Å²) >= 11 is 0. The van der Waals surface area contributed by atoms with E-state index in [9.17, 15) is 0 Å². The SMILES string of the molecule is CC(C)(C)P(Cc1ccc([Si](C)(C)C)cc1C(P)(c1cnccn1)c1cnccn1)C(C)(C)C. The Bertz CT molecular complexity index is 1050. The summed E-state index contributed by atoms with van der Waals surface area (Å²) in [5.74, 6) is 0. The topological polar surface area (TPSA) is 51.6 Å². The predicted octanol–water partition coefficient (Wildman–Crippen LogP) is 6.56. The van der Waals surface area contributed by atoms with E-state index in [-0.39, 0.29) is 18.2 Å². The molecule has 182 valence electrons. The van der Waals surface area contributed by atoms with Crippen molar-refractivity contribution in [1.82, 2.24) is 19.9 Å². The Labute approximate surface area is 210 Å². The molecule has 1 unspecified atom stereocenters. The lowest BCUT2D eigenvalue weighted by molar-refractivity contribution is 0.701. The van der Waals surface area contributed by atoms with Gasteiger partial charge in [-0.15, -0.1) is 9.24 Å². The van der Waals surface area contributed by atoms with Crippen molar-refractivity contribution in [3.8, 4) is 0 Å². The molecule has 0 saturated heterocycles. The number of hydrogen-bond acceptors (Lipinski definition) is 4. The van der Waals surface area contributed by atoms with E-state index in [0.29, 0.717) is 0 Å². The first kappa shape index (κ1) is 27.1. The van der Waals surface area contributed by atoms with Crippen LogP contribution in [-0.2, 0) is 11.3 Å². The molecular weight excluding hydrogens is 470 g/mol. The summed E-state index contributed by atoms with van der Waals surface area (Å²) in [6, 6.07) is 7.17. The van der Waals surface area contributed by atoms with Crippen LogP contribution in [0.5, 0.6) is 0 Å². The molecule has 4 nitrogen and oxygen atoms in total. The van der Waals surface area contributed by atoms with Crippen molar-refractivity contribution in [3.05, 3.63) is 77.9 Å². The van der Waals surface area contributed by atoms with Gasteiger partial charge in [0.05, 0.1) is 37.0 Å². The third-order valence-electron chi connectivity index (χ3n) is 6.28. The second-order valence-corrected chi connectivity index (χ2v) is 21.8. The monoisotopic (exact) mass is 510 g/mol. The van der Waals surface area contributed by atoms with Crippen LogP contribution in [0.2, 0.25) is 19.6 Å². The van der Waals surface area contributed by atoms with E-state index in [1.54, 1.807) is 24.8 Å². The molecule has 7 heteroatoms. The van der Waals surface area contributed by atoms with Crippen LogP contribution in [0.4, 0.5) is 0 Å². The summed E-state index contributed by atoms with van der Waals surface area (Å²) in [5, 5.41) is 1.25. The fraction of sp³-hybridized carbons (Fsp3) is 0.481. The molecule has 0 radical (unpaired) electrons. The molecule has 3 aromatic rings. The number of rotatable bonds is 6. The van der Waals surface area contributed by atoms with Gasteiger partial charge < -0.3 is 0 Å². The lowest BCUT2D eigenvalue weighted by Gasteiger charge is -2.43. The standard InChI is InChI=1S/C27H40N4P2Si/c1-25(2,3)33(26(4,5)6)19-20-10-11-21(34(7,8)9)16-22(20)27(32,23-17-28-12-14-30-23)24-18-29-13-15-31-24/h10-18H,19,32H2,1-9H3. The Morgan fingerprint density at radius 3 is 1.68 bits per heavy atom. The summed E-state index contributed by atoms with van der Waals surface area (Å²) in [6.07, 6.45) is 11.8. The van der Waals surface area contributed by atoms with Crippen molar-refractivity contribution >= 4 is 30.4 Å². The highest BCUT2D eigenvalue weighted by molar-refractivity contribution is 7.60. The molecule has 2 aromatic heterocycles. The summed E-state index contributed by atoms with van der Waals surface area (Å²) in [5.41, 5.74) is 4.35. The normalized spacial score (nSPS) is 13.4. The van der Waals surface area contributed by atoms with Gasteiger partial charge in [0.2, 0.25) is 0 Å². The van der Waals surface area contributed by atoms with Crippen LogP contribution in [0.25, 0.3) is 0 Å². The molecule has 0 aliphatic carbocycles. The zero-order chi connectivity index (χ0) is 25.4. The van der Waals surface area contributed by atoms with Crippen LogP contribution >= 0.6 is 17.2 Å². The van der Waals surface area contributed by atoms with Crippen LogP contribution in [0.3, 0.4) is 0 Å². The fourth-order valence-electron chi connectivity index (χ4n) is 4.61. The highest BCUT2D eigenvalue weighted by atomic mass is 31.1. The van der Waals surface area contributed by atoms with Gasteiger partial charge in [0, 0.05) is 24.8 Å². The van der Waals surface area contributed by atoms with Crippen LogP contribution in [-0.4, -0.2) is 38.3 Å².